The molecule has 0 radical (unpaired) electrons. The lowest BCUT2D eigenvalue weighted by Gasteiger charge is -2.21. The van der Waals surface area contributed by atoms with E-state index < -0.39 is 0 Å². The van der Waals surface area contributed by atoms with Crippen LogP contribution in [0, 0.1) is 13.8 Å². The van der Waals surface area contributed by atoms with Crippen molar-refractivity contribution in [3.8, 4) is 0 Å². The quantitative estimate of drug-likeness (QED) is 0.637. The minimum absolute atomic E-state index is 0.648. The number of hydrazine groups is 1. The van der Waals surface area contributed by atoms with Gasteiger partial charge in [-0.3, -0.25) is 4.98 Å². The number of rotatable bonds is 4. The van der Waals surface area contributed by atoms with Crippen LogP contribution in [0.4, 0.5) is 11.6 Å². The Hall–Kier alpha value is -2.21. The van der Waals surface area contributed by atoms with E-state index in [1.165, 1.54) is 0 Å². The molecule has 0 fully saturated rings. The van der Waals surface area contributed by atoms with Crippen molar-refractivity contribution in [1.29, 1.82) is 0 Å². The third-order valence-corrected chi connectivity index (χ3v) is 2.86. The molecule has 0 aliphatic heterocycles. The molecule has 0 aliphatic rings. The van der Waals surface area contributed by atoms with Gasteiger partial charge >= 0.3 is 0 Å². The Kier molecular flexibility index (Phi) is 3.91. The average Bonchev–Trinajstić information content (AvgIpc) is 2.42. The number of hydrogen-bond acceptors (Lipinski definition) is 6. The van der Waals surface area contributed by atoms with E-state index >= 15 is 0 Å². The van der Waals surface area contributed by atoms with Crippen molar-refractivity contribution in [3.05, 3.63) is 41.5 Å². The number of nitrogens with one attached hydrogen (secondary N) is 1. The first-order chi connectivity index (χ1) is 9.11. The summed E-state index contributed by atoms with van der Waals surface area (Å²) in [6, 6.07) is 5.86. The normalized spacial score (nSPS) is 10.3. The Morgan fingerprint density at radius 3 is 2.68 bits per heavy atom. The molecule has 2 heterocycles. The largest absolute Gasteiger partial charge is 0.353 e. The standard InChI is InChI=1S/C13H18N6/c1-9-12(18-14)16-10(2)17-13(9)19(3)8-11-6-4-5-7-15-11/h4-7H,8,14H2,1-3H3,(H,16,17,18). The van der Waals surface area contributed by atoms with Crippen LogP contribution in [0.2, 0.25) is 0 Å². The Balaban J connectivity index is 2.28. The minimum Gasteiger partial charge on any atom is -0.353 e. The molecule has 2 aromatic heterocycles. The molecular formula is C13H18N6. The predicted molar refractivity (Wildman–Crippen MR) is 75.7 cm³/mol. The molecule has 0 spiro atoms. The zero-order chi connectivity index (χ0) is 13.8. The highest BCUT2D eigenvalue weighted by Gasteiger charge is 2.12. The van der Waals surface area contributed by atoms with E-state index in [0.717, 1.165) is 17.1 Å². The van der Waals surface area contributed by atoms with Crippen LogP contribution in [0.15, 0.2) is 24.4 Å². The summed E-state index contributed by atoms with van der Waals surface area (Å²) >= 11 is 0. The lowest BCUT2D eigenvalue weighted by Crippen LogP contribution is -2.22. The molecule has 0 aromatic carbocycles. The second-order valence-electron chi connectivity index (χ2n) is 4.39. The zero-order valence-corrected chi connectivity index (χ0v) is 11.4. The van der Waals surface area contributed by atoms with E-state index in [-0.39, 0.29) is 0 Å². The number of nitrogens with zero attached hydrogens (tertiary/aromatic N) is 4. The molecule has 0 saturated carbocycles. The van der Waals surface area contributed by atoms with Crippen molar-refractivity contribution in [2.24, 2.45) is 5.84 Å². The molecule has 19 heavy (non-hydrogen) atoms. The summed E-state index contributed by atoms with van der Waals surface area (Å²) in [5.41, 5.74) is 4.51. The van der Waals surface area contributed by atoms with Gasteiger partial charge in [0, 0.05) is 18.8 Å². The van der Waals surface area contributed by atoms with Gasteiger partial charge in [-0.2, -0.15) is 0 Å². The fraction of sp³-hybridized carbons (Fsp3) is 0.308. The summed E-state index contributed by atoms with van der Waals surface area (Å²) in [7, 11) is 1.98. The van der Waals surface area contributed by atoms with Crippen molar-refractivity contribution in [2.75, 3.05) is 17.4 Å². The van der Waals surface area contributed by atoms with Crippen molar-refractivity contribution in [1.82, 2.24) is 15.0 Å². The number of aryl methyl sites for hydroxylation is 1. The first-order valence-electron chi connectivity index (χ1n) is 6.04. The summed E-state index contributed by atoms with van der Waals surface area (Å²) in [5, 5.41) is 0. The van der Waals surface area contributed by atoms with Gasteiger partial charge in [0.1, 0.15) is 17.5 Å². The highest BCUT2D eigenvalue weighted by atomic mass is 15.3. The number of pyridine rings is 1. The van der Waals surface area contributed by atoms with E-state index in [1.54, 1.807) is 6.20 Å². The third kappa shape index (κ3) is 2.97. The molecule has 0 atom stereocenters. The van der Waals surface area contributed by atoms with Crippen LogP contribution in [0.1, 0.15) is 17.1 Å². The molecule has 2 rings (SSSR count). The smallest absolute Gasteiger partial charge is 0.148 e. The summed E-state index contributed by atoms with van der Waals surface area (Å²) < 4.78 is 0. The molecule has 2 aromatic rings. The number of aromatic nitrogens is 3. The number of nitrogen functional groups attached to an aromatic ring is 1. The van der Waals surface area contributed by atoms with E-state index in [1.807, 2.05) is 44.0 Å². The molecule has 3 N–H and O–H groups in total. The maximum absolute atomic E-state index is 5.47. The van der Waals surface area contributed by atoms with E-state index in [2.05, 4.69) is 20.4 Å². The Morgan fingerprint density at radius 1 is 1.26 bits per heavy atom. The fourth-order valence-corrected chi connectivity index (χ4v) is 1.94. The Bertz CT molecular complexity index is 555. The fourth-order valence-electron chi connectivity index (χ4n) is 1.94. The lowest BCUT2D eigenvalue weighted by atomic mass is 10.2. The van der Waals surface area contributed by atoms with Gasteiger partial charge in [0.2, 0.25) is 0 Å². The van der Waals surface area contributed by atoms with Gasteiger partial charge < -0.3 is 10.3 Å². The zero-order valence-electron chi connectivity index (χ0n) is 11.4. The molecule has 100 valence electrons. The van der Waals surface area contributed by atoms with Crippen molar-refractivity contribution in [3.63, 3.8) is 0 Å². The Labute approximate surface area is 112 Å². The topological polar surface area (TPSA) is 80.0 Å². The average molecular weight is 258 g/mol. The molecule has 0 bridgehead atoms. The van der Waals surface area contributed by atoms with E-state index in [4.69, 9.17) is 5.84 Å². The van der Waals surface area contributed by atoms with Crippen LogP contribution in [-0.2, 0) is 6.54 Å². The SMILES string of the molecule is Cc1nc(NN)c(C)c(N(C)Cc2ccccn2)n1. The van der Waals surface area contributed by atoms with E-state index in [0.29, 0.717) is 18.2 Å². The molecule has 0 aliphatic carbocycles. The van der Waals surface area contributed by atoms with Crippen molar-refractivity contribution in [2.45, 2.75) is 20.4 Å². The van der Waals surface area contributed by atoms with Gasteiger partial charge in [0.05, 0.1) is 12.2 Å². The monoisotopic (exact) mass is 258 g/mol. The van der Waals surface area contributed by atoms with Gasteiger partial charge in [-0.15, -0.1) is 0 Å². The summed E-state index contributed by atoms with van der Waals surface area (Å²) in [6.45, 7) is 4.47. The highest BCUT2D eigenvalue weighted by Crippen LogP contribution is 2.22. The Morgan fingerprint density at radius 2 is 2.05 bits per heavy atom. The van der Waals surface area contributed by atoms with Crippen molar-refractivity contribution >= 4 is 11.6 Å². The first kappa shape index (κ1) is 13.2. The minimum atomic E-state index is 0.648. The second-order valence-corrected chi connectivity index (χ2v) is 4.39. The van der Waals surface area contributed by atoms with Crippen LogP contribution >= 0.6 is 0 Å². The molecule has 0 saturated heterocycles. The van der Waals surface area contributed by atoms with Crippen LogP contribution in [-0.4, -0.2) is 22.0 Å². The summed E-state index contributed by atoms with van der Waals surface area (Å²) in [6.07, 6.45) is 1.79. The van der Waals surface area contributed by atoms with Crippen molar-refractivity contribution < 1.29 is 0 Å². The molecule has 6 heteroatoms. The lowest BCUT2D eigenvalue weighted by molar-refractivity contribution is 0.845. The number of nitrogens with two attached hydrogens (primary N) is 1. The number of hydrogen-bond donors (Lipinski definition) is 2. The number of anilines is 2. The van der Waals surface area contributed by atoms with Gasteiger partial charge in [-0.1, -0.05) is 6.07 Å². The van der Waals surface area contributed by atoms with Gasteiger partial charge in [0.25, 0.3) is 0 Å². The molecule has 0 amide bonds. The predicted octanol–water partition coefficient (Wildman–Crippen LogP) is 1.41. The van der Waals surface area contributed by atoms with Gasteiger partial charge in [0.15, 0.2) is 0 Å². The van der Waals surface area contributed by atoms with Gasteiger partial charge in [-0.05, 0) is 26.0 Å². The second kappa shape index (κ2) is 5.62. The van der Waals surface area contributed by atoms with Crippen LogP contribution in [0.3, 0.4) is 0 Å². The van der Waals surface area contributed by atoms with Gasteiger partial charge in [-0.25, -0.2) is 15.8 Å². The third-order valence-electron chi connectivity index (χ3n) is 2.86. The highest BCUT2D eigenvalue weighted by molar-refractivity contribution is 5.57. The molecule has 6 nitrogen and oxygen atoms in total. The first-order valence-corrected chi connectivity index (χ1v) is 6.04. The van der Waals surface area contributed by atoms with Crippen LogP contribution < -0.4 is 16.2 Å². The van der Waals surface area contributed by atoms with Crippen LogP contribution in [0.5, 0.6) is 0 Å². The molecule has 0 unspecified atom stereocenters. The van der Waals surface area contributed by atoms with E-state index in [9.17, 15) is 0 Å². The summed E-state index contributed by atoms with van der Waals surface area (Å²) in [4.78, 5) is 15.1. The summed E-state index contributed by atoms with van der Waals surface area (Å²) in [5.74, 6) is 7.65. The van der Waals surface area contributed by atoms with Crippen LogP contribution in [0.25, 0.3) is 0 Å². The molecular weight excluding hydrogens is 240 g/mol. The maximum atomic E-state index is 5.47. The maximum Gasteiger partial charge on any atom is 0.148 e.